The number of aliphatic carboxylic acids is 1. The molecule has 1 aliphatic heterocycles. The summed E-state index contributed by atoms with van der Waals surface area (Å²) in [5.41, 5.74) is 0.589. The number of amides is 1. The van der Waals surface area contributed by atoms with Crippen molar-refractivity contribution in [3.8, 4) is 0 Å². The molecule has 1 saturated heterocycles. The van der Waals surface area contributed by atoms with E-state index < -0.39 is 12.0 Å². The van der Waals surface area contributed by atoms with Crippen molar-refractivity contribution in [2.75, 3.05) is 0 Å². The summed E-state index contributed by atoms with van der Waals surface area (Å²) in [6.45, 7) is 0. The third kappa shape index (κ3) is 2.46. The molecule has 2 aromatic rings. The average molecular weight is 323 g/mol. The number of carbonyl (C=O) groups is 2. The molecule has 1 aliphatic carbocycles. The lowest BCUT2D eigenvalue weighted by Gasteiger charge is -2.33. The van der Waals surface area contributed by atoms with E-state index in [-0.39, 0.29) is 11.9 Å². The molecule has 1 amide bonds. The molecule has 4 rings (SSSR count). The molecule has 1 heterocycles. The van der Waals surface area contributed by atoms with E-state index in [4.69, 9.17) is 0 Å². The summed E-state index contributed by atoms with van der Waals surface area (Å²) in [6.07, 6.45) is 4.78. The number of benzene rings is 2. The molecule has 0 unspecified atom stereocenters. The van der Waals surface area contributed by atoms with Crippen LogP contribution in [0.2, 0.25) is 0 Å². The van der Waals surface area contributed by atoms with E-state index in [1.54, 1.807) is 4.90 Å². The molecule has 2 aromatic carbocycles. The molecule has 0 spiro atoms. The maximum absolute atomic E-state index is 13.1. The highest BCUT2D eigenvalue weighted by molar-refractivity contribution is 6.00. The van der Waals surface area contributed by atoms with Crippen molar-refractivity contribution in [1.82, 2.24) is 4.90 Å². The molecule has 2 aliphatic rings. The predicted octanol–water partition coefficient (Wildman–Crippen LogP) is 3.70. The number of hydrogen-bond donors (Lipinski definition) is 1. The van der Waals surface area contributed by atoms with Crippen LogP contribution in [-0.4, -0.2) is 34.0 Å². The van der Waals surface area contributed by atoms with Crippen LogP contribution in [0, 0.1) is 5.92 Å². The van der Waals surface area contributed by atoms with E-state index in [1.165, 1.54) is 0 Å². The van der Waals surface area contributed by atoms with E-state index in [2.05, 4.69) is 0 Å². The summed E-state index contributed by atoms with van der Waals surface area (Å²) >= 11 is 0. The average Bonchev–Trinajstić information content (AvgIpc) is 3.00. The fraction of sp³-hybridized carbons (Fsp3) is 0.400. The van der Waals surface area contributed by atoms with Gasteiger partial charge in [0.1, 0.15) is 6.04 Å². The zero-order chi connectivity index (χ0) is 16.7. The molecular weight excluding hydrogens is 302 g/mol. The molecule has 1 N–H and O–H groups in total. The maximum atomic E-state index is 13.1. The molecule has 124 valence electrons. The molecule has 0 aromatic heterocycles. The Morgan fingerprint density at radius 3 is 2.54 bits per heavy atom. The van der Waals surface area contributed by atoms with Crippen LogP contribution in [0.1, 0.15) is 42.5 Å². The molecule has 4 nitrogen and oxygen atoms in total. The number of hydrogen-bond acceptors (Lipinski definition) is 2. The van der Waals surface area contributed by atoms with Gasteiger partial charge >= 0.3 is 5.97 Å². The van der Waals surface area contributed by atoms with E-state index in [9.17, 15) is 14.7 Å². The lowest BCUT2D eigenvalue weighted by atomic mass is 9.84. The van der Waals surface area contributed by atoms with Gasteiger partial charge in [-0.1, -0.05) is 43.2 Å². The van der Waals surface area contributed by atoms with Crippen LogP contribution in [0.15, 0.2) is 42.5 Å². The monoisotopic (exact) mass is 323 g/mol. The summed E-state index contributed by atoms with van der Waals surface area (Å²) in [6, 6.07) is 12.9. The number of likely N-dealkylation sites (tertiary alicyclic amines) is 1. The second kappa shape index (κ2) is 5.93. The van der Waals surface area contributed by atoms with Crippen LogP contribution in [-0.2, 0) is 4.79 Å². The molecule has 4 heteroatoms. The van der Waals surface area contributed by atoms with Crippen molar-refractivity contribution in [2.24, 2.45) is 5.92 Å². The fourth-order valence-corrected chi connectivity index (χ4v) is 4.44. The van der Waals surface area contributed by atoms with Gasteiger partial charge in [0.25, 0.3) is 5.91 Å². The number of carbonyl (C=O) groups excluding carboxylic acids is 1. The molecule has 0 bridgehead atoms. The zero-order valence-electron chi connectivity index (χ0n) is 13.5. The van der Waals surface area contributed by atoms with Gasteiger partial charge in [0.05, 0.1) is 0 Å². The van der Waals surface area contributed by atoms with Crippen molar-refractivity contribution < 1.29 is 14.7 Å². The van der Waals surface area contributed by atoms with Crippen LogP contribution in [0.3, 0.4) is 0 Å². The number of fused-ring (bicyclic) bond motifs is 2. The molecule has 1 saturated carbocycles. The van der Waals surface area contributed by atoms with Crippen molar-refractivity contribution >= 4 is 22.6 Å². The summed E-state index contributed by atoms with van der Waals surface area (Å²) in [5, 5.41) is 11.7. The minimum Gasteiger partial charge on any atom is -0.480 e. The van der Waals surface area contributed by atoms with Gasteiger partial charge in [0.2, 0.25) is 0 Å². The number of carboxylic acids is 1. The second-order valence-corrected chi connectivity index (χ2v) is 6.98. The number of rotatable bonds is 2. The number of nitrogens with zero attached hydrogens (tertiary/aromatic N) is 1. The normalized spacial score (nSPS) is 26.3. The van der Waals surface area contributed by atoms with E-state index in [1.807, 2.05) is 42.5 Å². The Morgan fingerprint density at radius 2 is 1.75 bits per heavy atom. The molecule has 0 radical (unpaired) electrons. The summed E-state index contributed by atoms with van der Waals surface area (Å²) in [7, 11) is 0. The van der Waals surface area contributed by atoms with Gasteiger partial charge in [-0.15, -0.1) is 0 Å². The first kappa shape index (κ1) is 15.2. The van der Waals surface area contributed by atoms with Crippen LogP contribution < -0.4 is 0 Å². The van der Waals surface area contributed by atoms with Crippen LogP contribution in [0.4, 0.5) is 0 Å². The molecule has 3 atom stereocenters. The lowest BCUT2D eigenvalue weighted by Crippen LogP contribution is -2.46. The largest absolute Gasteiger partial charge is 0.480 e. The van der Waals surface area contributed by atoms with Gasteiger partial charge in [-0.05, 0) is 48.1 Å². The van der Waals surface area contributed by atoms with Crippen molar-refractivity contribution in [1.29, 1.82) is 0 Å². The summed E-state index contributed by atoms with van der Waals surface area (Å²) < 4.78 is 0. The Hall–Kier alpha value is -2.36. The zero-order valence-corrected chi connectivity index (χ0v) is 13.5. The Balaban J connectivity index is 1.70. The molecular formula is C20H21NO3. The summed E-state index contributed by atoms with van der Waals surface area (Å²) in [4.78, 5) is 26.5. The van der Waals surface area contributed by atoms with Gasteiger partial charge in [-0.2, -0.15) is 0 Å². The van der Waals surface area contributed by atoms with Gasteiger partial charge in [-0.25, -0.2) is 4.79 Å². The van der Waals surface area contributed by atoms with Gasteiger partial charge < -0.3 is 10.0 Å². The smallest absolute Gasteiger partial charge is 0.326 e. The van der Waals surface area contributed by atoms with Gasteiger partial charge in [0, 0.05) is 11.6 Å². The minimum atomic E-state index is -0.876. The van der Waals surface area contributed by atoms with Crippen LogP contribution in [0.25, 0.3) is 10.8 Å². The van der Waals surface area contributed by atoms with Crippen LogP contribution in [0.5, 0.6) is 0 Å². The summed E-state index contributed by atoms with van der Waals surface area (Å²) in [5.74, 6) is -0.676. The fourth-order valence-electron chi connectivity index (χ4n) is 4.44. The van der Waals surface area contributed by atoms with Crippen LogP contribution >= 0.6 is 0 Å². The quantitative estimate of drug-likeness (QED) is 0.917. The first-order valence-corrected chi connectivity index (χ1v) is 8.69. The highest BCUT2D eigenvalue weighted by Gasteiger charge is 2.47. The van der Waals surface area contributed by atoms with Crippen molar-refractivity contribution in [3.63, 3.8) is 0 Å². The topological polar surface area (TPSA) is 57.6 Å². The lowest BCUT2D eigenvalue weighted by molar-refractivity contribution is -0.141. The first-order chi connectivity index (χ1) is 11.6. The standard InChI is InChI=1S/C20H21NO3/c22-19(16-10-9-13-5-1-2-6-14(13)11-16)21-17-8-4-3-7-15(17)12-18(21)20(23)24/h1-2,5-6,9-11,15,17-18H,3-4,7-8,12H2,(H,23,24)/t15-,17+,18+/m1/s1. The Kier molecular flexibility index (Phi) is 3.75. The van der Waals surface area contributed by atoms with E-state index >= 15 is 0 Å². The molecule has 2 fully saturated rings. The van der Waals surface area contributed by atoms with Crippen molar-refractivity contribution in [2.45, 2.75) is 44.2 Å². The Morgan fingerprint density at radius 1 is 1.00 bits per heavy atom. The van der Waals surface area contributed by atoms with Gasteiger partial charge in [0.15, 0.2) is 0 Å². The predicted molar refractivity (Wildman–Crippen MR) is 91.9 cm³/mol. The third-order valence-electron chi connectivity index (χ3n) is 5.60. The second-order valence-electron chi connectivity index (χ2n) is 6.98. The highest BCUT2D eigenvalue weighted by atomic mass is 16.4. The Bertz CT molecular complexity index is 800. The van der Waals surface area contributed by atoms with Crippen molar-refractivity contribution in [3.05, 3.63) is 48.0 Å². The van der Waals surface area contributed by atoms with E-state index in [0.717, 1.165) is 36.5 Å². The SMILES string of the molecule is O=C(O)[C@@H]1C[C@H]2CCCC[C@@H]2N1C(=O)c1ccc2ccccc2c1. The molecule has 24 heavy (non-hydrogen) atoms. The highest BCUT2D eigenvalue weighted by Crippen LogP contribution is 2.40. The van der Waals surface area contributed by atoms with E-state index in [0.29, 0.717) is 17.9 Å². The van der Waals surface area contributed by atoms with Gasteiger partial charge in [-0.3, -0.25) is 4.79 Å². The number of carboxylic acid groups (broad SMARTS) is 1. The first-order valence-electron chi connectivity index (χ1n) is 8.69. The maximum Gasteiger partial charge on any atom is 0.326 e. The minimum absolute atomic E-state index is 0.0822. The third-order valence-corrected chi connectivity index (χ3v) is 5.60. The Labute approximate surface area is 141 Å².